The highest BCUT2D eigenvalue weighted by atomic mass is 16.8. The van der Waals surface area contributed by atoms with Crippen LogP contribution >= 0.6 is 0 Å². The Bertz CT molecular complexity index is 412. The second-order valence-corrected chi connectivity index (χ2v) is 4.24. The standard InChI is InChI=1S/C9H8O7/c10-5-2-8(13)3-6(11)15-9(16-7(8)12)1-4(9)14-5/h4,13H,1-3H2. The van der Waals surface area contributed by atoms with Crippen LogP contribution in [0.15, 0.2) is 0 Å². The van der Waals surface area contributed by atoms with Gasteiger partial charge >= 0.3 is 17.9 Å². The summed E-state index contributed by atoms with van der Waals surface area (Å²) in [5.74, 6) is -4.00. The molecule has 3 atom stereocenters. The van der Waals surface area contributed by atoms with Crippen LogP contribution in [0, 0.1) is 0 Å². The number of rotatable bonds is 0. The fourth-order valence-corrected chi connectivity index (χ4v) is 1.93. The Labute approximate surface area is 89.3 Å². The lowest BCUT2D eigenvalue weighted by atomic mass is 9.96. The van der Waals surface area contributed by atoms with E-state index in [2.05, 4.69) is 0 Å². The topological polar surface area (TPSA) is 99.1 Å². The zero-order valence-corrected chi connectivity index (χ0v) is 8.10. The molecule has 7 nitrogen and oxygen atoms in total. The minimum atomic E-state index is -2.16. The molecular formula is C9H8O7. The predicted molar refractivity (Wildman–Crippen MR) is 43.6 cm³/mol. The first kappa shape index (κ1) is 9.59. The molecule has 1 spiro atoms. The molecule has 2 saturated heterocycles. The number of esters is 3. The lowest BCUT2D eigenvalue weighted by Crippen LogP contribution is -2.45. The third-order valence-corrected chi connectivity index (χ3v) is 2.88. The molecule has 2 bridgehead atoms. The van der Waals surface area contributed by atoms with Crippen molar-refractivity contribution in [2.45, 2.75) is 36.8 Å². The van der Waals surface area contributed by atoms with Gasteiger partial charge in [-0.2, -0.15) is 0 Å². The molecule has 86 valence electrons. The number of fused-ring (bicyclic) bond motifs is 2. The zero-order valence-electron chi connectivity index (χ0n) is 8.10. The molecule has 2 aliphatic heterocycles. The highest BCUT2D eigenvalue weighted by molar-refractivity contribution is 5.92. The van der Waals surface area contributed by atoms with E-state index in [1.165, 1.54) is 0 Å². The molecule has 1 aliphatic carbocycles. The Hall–Kier alpha value is -1.63. The number of ether oxygens (including phenoxy) is 3. The van der Waals surface area contributed by atoms with Gasteiger partial charge in [0.2, 0.25) is 0 Å². The monoisotopic (exact) mass is 228 g/mol. The minimum absolute atomic E-state index is 0.131. The summed E-state index contributed by atoms with van der Waals surface area (Å²) in [6.45, 7) is 0. The Kier molecular flexibility index (Phi) is 1.52. The van der Waals surface area contributed by atoms with Gasteiger partial charge in [-0.05, 0) is 0 Å². The van der Waals surface area contributed by atoms with Crippen LogP contribution in [0.5, 0.6) is 0 Å². The van der Waals surface area contributed by atoms with Crippen molar-refractivity contribution in [3.63, 3.8) is 0 Å². The van der Waals surface area contributed by atoms with Gasteiger partial charge < -0.3 is 19.3 Å². The summed E-state index contributed by atoms with van der Waals surface area (Å²) in [5, 5.41) is 9.87. The van der Waals surface area contributed by atoms with Gasteiger partial charge in [0.1, 0.15) is 0 Å². The van der Waals surface area contributed by atoms with E-state index in [1.54, 1.807) is 0 Å². The van der Waals surface area contributed by atoms with Crippen molar-refractivity contribution in [1.82, 2.24) is 0 Å². The van der Waals surface area contributed by atoms with Crippen molar-refractivity contribution in [1.29, 1.82) is 0 Å². The molecule has 3 unspecified atom stereocenters. The van der Waals surface area contributed by atoms with E-state index in [1.807, 2.05) is 0 Å². The normalized spacial score (nSPS) is 45.6. The fourth-order valence-electron chi connectivity index (χ4n) is 1.93. The van der Waals surface area contributed by atoms with Crippen LogP contribution in [0.3, 0.4) is 0 Å². The molecule has 3 fully saturated rings. The van der Waals surface area contributed by atoms with Gasteiger partial charge in [-0.1, -0.05) is 0 Å². The molecule has 7 heteroatoms. The molecule has 0 amide bonds. The summed E-state index contributed by atoms with van der Waals surface area (Å²) < 4.78 is 14.7. The van der Waals surface area contributed by atoms with E-state index >= 15 is 0 Å². The van der Waals surface area contributed by atoms with Crippen molar-refractivity contribution in [2.75, 3.05) is 0 Å². The number of aliphatic hydroxyl groups is 1. The predicted octanol–water partition coefficient (Wildman–Crippen LogP) is -1.38. The van der Waals surface area contributed by atoms with Gasteiger partial charge in [-0.25, -0.2) is 4.79 Å². The first-order valence-electron chi connectivity index (χ1n) is 4.81. The maximum Gasteiger partial charge on any atom is 0.342 e. The fraction of sp³-hybridized carbons (Fsp3) is 0.667. The summed E-state index contributed by atoms with van der Waals surface area (Å²) >= 11 is 0. The number of hydrogen-bond acceptors (Lipinski definition) is 7. The molecule has 0 radical (unpaired) electrons. The van der Waals surface area contributed by atoms with E-state index in [0.717, 1.165) is 0 Å². The highest BCUT2D eigenvalue weighted by Crippen LogP contribution is 2.49. The summed E-state index contributed by atoms with van der Waals surface area (Å²) in [4.78, 5) is 34.3. The highest BCUT2D eigenvalue weighted by Gasteiger charge is 2.70. The van der Waals surface area contributed by atoms with Gasteiger partial charge in [0.15, 0.2) is 11.7 Å². The SMILES string of the molecule is O=C1CC2(O)CC(=O)OC3(CC3O1)OC2=O. The van der Waals surface area contributed by atoms with Crippen molar-refractivity contribution in [2.24, 2.45) is 0 Å². The maximum atomic E-state index is 11.6. The van der Waals surface area contributed by atoms with Crippen molar-refractivity contribution in [3.05, 3.63) is 0 Å². The first-order chi connectivity index (χ1) is 7.43. The second kappa shape index (κ2) is 2.54. The van der Waals surface area contributed by atoms with Crippen LogP contribution in [0.25, 0.3) is 0 Å². The number of carbonyl (C=O) groups excluding carboxylic acids is 3. The Morgan fingerprint density at radius 2 is 1.81 bits per heavy atom. The molecule has 1 saturated carbocycles. The van der Waals surface area contributed by atoms with Crippen LogP contribution < -0.4 is 0 Å². The van der Waals surface area contributed by atoms with Gasteiger partial charge in [0.05, 0.1) is 19.3 Å². The molecule has 0 aromatic rings. The Balaban J connectivity index is 2.06. The third-order valence-electron chi connectivity index (χ3n) is 2.88. The zero-order chi connectivity index (χ0) is 11.6. The van der Waals surface area contributed by atoms with Crippen LogP contribution in [-0.2, 0) is 28.6 Å². The molecule has 3 rings (SSSR count). The molecule has 1 N–H and O–H groups in total. The Morgan fingerprint density at radius 3 is 2.56 bits per heavy atom. The average molecular weight is 228 g/mol. The van der Waals surface area contributed by atoms with Crippen LogP contribution in [0.4, 0.5) is 0 Å². The first-order valence-corrected chi connectivity index (χ1v) is 4.81. The molecule has 0 aromatic heterocycles. The lowest BCUT2D eigenvalue weighted by Gasteiger charge is -2.23. The summed E-state index contributed by atoms with van der Waals surface area (Å²) in [6, 6.07) is 0. The van der Waals surface area contributed by atoms with Crippen LogP contribution in [-0.4, -0.2) is 40.5 Å². The summed E-state index contributed by atoms with van der Waals surface area (Å²) in [7, 11) is 0. The van der Waals surface area contributed by atoms with E-state index < -0.39 is 48.2 Å². The Morgan fingerprint density at radius 1 is 1.12 bits per heavy atom. The minimum Gasteiger partial charge on any atom is -0.454 e. The molecule has 3 aliphatic rings. The van der Waals surface area contributed by atoms with E-state index in [9.17, 15) is 19.5 Å². The molecule has 16 heavy (non-hydrogen) atoms. The van der Waals surface area contributed by atoms with Gasteiger partial charge in [-0.15, -0.1) is 0 Å². The third kappa shape index (κ3) is 1.15. The number of hydrogen-bond donors (Lipinski definition) is 1. The quantitative estimate of drug-likeness (QED) is 0.510. The summed E-state index contributed by atoms with van der Waals surface area (Å²) in [5.41, 5.74) is -2.16. The van der Waals surface area contributed by atoms with Gasteiger partial charge in [-0.3, -0.25) is 9.59 Å². The van der Waals surface area contributed by atoms with E-state index in [-0.39, 0.29) is 6.42 Å². The van der Waals surface area contributed by atoms with Crippen molar-refractivity contribution < 1.29 is 33.7 Å². The van der Waals surface area contributed by atoms with Crippen molar-refractivity contribution in [3.8, 4) is 0 Å². The van der Waals surface area contributed by atoms with Crippen LogP contribution in [0.2, 0.25) is 0 Å². The van der Waals surface area contributed by atoms with Crippen LogP contribution in [0.1, 0.15) is 19.3 Å². The van der Waals surface area contributed by atoms with Crippen molar-refractivity contribution >= 4 is 17.9 Å². The smallest absolute Gasteiger partial charge is 0.342 e. The van der Waals surface area contributed by atoms with E-state index in [4.69, 9.17) is 14.2 Å². The summed E-state index contributed by atoms with van der Waals surface area (Å²) in [6.07, 6.45) is -1.79. The van der Waals surface area contributed by atoms with E-state index in [0.29, 0.717) is 0 Å². The molecule has 2 heterocycles. The second-order valence-electron chi connectivity index (χ2n) is 4.24. The van der Waals surface area contributed by atoms with Gasteiger partial charge in [0, 0.05) is 0 Å². The largest absolute Gasteiger partial charge is 0.454 e. The maximum absolute atomic E-state index is 11.6. The molecule has 0 aromatic carbocycles. The lowest BCUT2D eigenvalue weighted by molar-refractivity contribution is -0.211. The molecular weight excluding hydrogens is 220 g/mol. The average Bonchev–Trinajstić information content (AvgIpc) is 2.74. The number of carbonyl (C=O) groups is 3. The van der Waals surface area contributed by atoms with Gasteiger partial charge in [0.25, 0.3) is 5.79 Å².